The molecule has 3 rings (SSSR count). The Labute approximate surface area is 124 Å². The third-order valence-corrected chi connectivity index (χ3v) is 4.14. The number of aliphatic hydroxyl groups is 1. The summed E-state index contributed by atoms with van der Waals surface area (Å²) < 4.78 is 1.52. The summed E-state index contributed by atoms with van der Waals surface area (Å²) >= 11 is 1.50. The van der Waals surface area contributed by atoms with Crippen LogP contribution >= 0.6 is 11.8 Å². The molecule has 1 aromatic carbocycles. The summed E-state index contributed by atoms with van der Waals surface area (Å²) in [6, 6.07) is 6.84. The van der Waals surface area contributed by atoms with Crippen LogP contribution in [0.1, 0.15) is 15.9 Å². The van der Waals surface area contributed by atoms with Gasteiger partial charge in [0.25, 0.3) is 11.5 Å². The summed E-state index contributed by atoms with van der Waals surface area (Å²) in [7, 11) is 0. The second-order valence-corrected chi connectivity index (χ2v) is 5.63. The smallest absolute Gasteiger partial charge is 0.267 e. The molecule has 0 fully saturated rings. The normalized spacial score (nSPS) is 13.0. The van der Waals surface area contributed by atoms with E-state index in [1.807, 2.05) is 0 Å². The van der Waals surface area contributed by atoms with Gasteiger partial charge in [-0.1, -0.05) is 23.9 Å². The molecule has 1 aromatic heterocycles. The van der Waals surface area contributed by atoms with Crippen molar-refractivity contribution in [1.29, 1.82) is 0 Å². The van der Waals surface area contributed by atoms with Crippen molar-refractivity contribution in [3.63, 3.8) is 0 Å². The summed E-state index contributed by atoms with van der Waals surface area (Å²) in [5, 5.41) is 12.4. The summed E-state index contributed by atoms with van der Waals surface area (Å²) in [6.07, 6.45) is 1.32. The number of thioether (sulfide) groups is 1. The molecule has 1 amide bonds. The van der Waals surface area contributed by atoms with Crippen molar-refractivity contribution in [3.05, 3.63) is 51.9 Å². The number of aliphatic hydroxyl groups excluding tert-OH is 1. The Bertz CT molecular complexity index is 757. The zero-order chi connectivity index (χ0) is 14.8. The van der Waals surface area contributed by atoms with Crippen LogP contribution < -0.4 is 10.9 Å². The van der Waals surface area contributed by atoms with E-state index in [4.69, 9.17) is 5.11 Å². The minimum atomic E-state index is -0.491. The lowest BCUT2D eigenvalue weighted by Gasteiger charge is -2.07. The van der Waals surface area contributed by atoms with Gasteiger partial charge in [-0.25, -0.2) is 4.98 Å². The van der Waals surface area contributed by atoms with Crippen LogP contribution in [0.25, 0.3) is 0 Å². The van der Waals surface area contributed by atoms with Crippen molar-refractivity contribution in [2.45, 2.75) is 18.3 Å². The molecule has 0 atom stereocenters. The molecule has 2 heterocycles. The molecule has 0 aliphatic carbocycles. The molecule has 0 saturated carbocycles. The van der Waals surface area contributed by atoms with Gasteiger partial charge in [-0.3, -0.25) is 14.2 Å². The second kappa shape index (κ2) is 5.71. The van der Waals surface area contributed by atoms with Crippen LogP contribution in [0.2, 0.25) is 0 Å². The second-order valence-electron chi connectivity index (χ2n) is 4.57. The van der Waals surface area contributed by atoms with Crippen LogP contribution in [-0.2, 0) is 13.2 Å². The van der Waals surface area contributed by atoms with Gasteiger partial charge in [-0.15, -0.1) is 0 Å². The maximum Gasteiger partial charge on any atom is 0.267 e. The minimum absolute atomic E-state index is 0.0238. The molecule has 7 heteroatoms. The maximum absolute atomic E-state index is 12.2. The number of nitrogens with zero attached hydrogens (tertiary/aromatic N) is 2. The molecule has 0 spiro atoms. The first-order chi connectivity index (χ1) is 10.2. The predicted octanol–water partition coefficient (Wildman–Crippen LogP) is 1.09. The van der Waals surface area contributed by atoms with Gasteiger partial charge in [0.1, 0.15) is 5.56 Å². The Morgan fingerprint density at radius 1 is 1.48 bits per heavy atom. The molecule has 2 aromatic rings. The fourth-order valence-electron chi connectivity index (χ4n) is 2.12. The number of carbonyl (C=O) groups is 1. The topological polar surface area (TPSA) is 84.2 Å². The van der Waals surface area contributed by atoms with E-state index in [1.165, 1.54) is 22.5 Å². The average molecular weight is 303 g/mol. The van der Waals surface area contributed by atoms with Crippen LogP contribution in [0, 0.1) is 0 Å². The van der Waals surface area contributed by atoms with Crippen molar-refractivity contribution in [3.8, 4) is 0 Å². The molecular formula is C14H13N3O3S. The number of hydrogen-bond donors (Lipinski definition) is 2. The molecule has 0 radical (unpaired) electrons. The highest BCUT2D eigenvalue weighted by atomic mass is 32.2. The van der Waals surface area contributed by atoms with E-state index in [9.17, 15) is 9.59 Å². The number of rotatable bonds is 3. The lowest BCUT2D eigenvalue weighted by Crippen LogP contribution is -2.29. The first-order valence-electron chi connectivity index (χ1n) is 6.43. The number of aromatic nitrogens is 2. The molecule has 108 valence electrons. The third kappa shape index (κ3) is 2.70. The molecular weight excluding hydrogens is 290 g/mol. The Morgan fingerprint density at radius 2 is 2.33 bits per heavy atom. The van der Waals surface area contributed by atoms with Crippen LogP contribution in [0.5, 0.6) is 0 Å². The number of fused-ring (bicyclic) bond motifs is 1. The van der Waals surface area contributed by atoms with Gasteiger partial charge >= 0.3 is 0 Å². The first kappa shape index (κ1) is 13.8. The van der Waals surface area contributed by atoms with E-state index in [2.05, 4.69) is 10.3 Å². The summed E-state index contributed by atoms with van der Waals surface area (Å²) in [6.45, 7) is 0.469. The van der Waals surface area contributed by atoms with Crippen molar-refractivity contribution < 1.29 is 9.90 Å². The van der Waals surface area contributed by atoms with Gasteiger partial charge in [-0.05, 0) is 17.7 Å². The molecule has 0 unspecified atom stereocenters. The SMILES string of the molecule is O=C(Nc1cccc(CO)c1)c1cnc2n(c1=O)CCS2. The lowest BCUT2D eigenvalue weighted by atomic mass is 10.2. The summed E-state index contributed by atoms with van der Waals surface area (Å²) in [5.41, 5.74) is 0.926. The molecule has 0 bridgehead atoms. The molecule has 0 saturated heterocycles. The monoisotopic (exact) mass is 303 g/mol. The van der Waals surface area contributed by atoms with Crippen LogP contribution in [-0.4, -0.2) is 26.3 Å². The molecule has 6 nitrogen and oxygen atoms in total. The summed E-state index contributed by atoms with van der Waals surface area (Å²) in [4.78, 5) is 28.6. The zero-order valence-corrected chi connectivity index (χ0v) is 11.9. The molecule has 1 aliphatic rings. The summed E-state index contributed by atoms with van der Waals surface area (Å²) in [5.74, 6) is 0.307. The Kier molecular flexibility index (Phi) is 3.76. The van der Waals surface area contributed by atoms with E-state index < -0.39 is 5.91 Å². The Morgan fingerprint density at radius 3 is 3.14 bits per heavy atom. The first-order valence-corrected chi connectivity index (χ1v) is 7.41. The Hall–Kier alpha value is -2.12. The highest BCUT2D eigenvalue weighted by molar-refractivity contribution is 7.99. The third-order valence-electron chi connectivity index (χ3n) is 3.17. The van der Waals surface area contributed by atoms with Gasteiger partial charge < -0.3 is 10.4 Å². The lowest BCUT2D eigenvalue weighted by molar-refractivity contribution is 0.102. The van der Waals surface area contributed by atoms with Gasteiger partial charge in [0, 0.05) is 24.2 Å². The minimum Gasteiger partial charge on any atom is -0.392 e. The van der Waals surface area contributed by atoms with E-state index in [-0.39, 0.29) is 17.7 Å². The van der Waals surface area contributed by atoms with E-state index in [0.717, 1.165) is 5.75 Å². The fraction of sp³-hybridized carbons (Fsp3) is 0.214. The highest BCUT2D eigenvalue weighted by Crippen LogP contribution is 2.20. The number of anilines is 1. The number of hydrogen-bond acceptors (Lipinski definition) is 5. The van der Waals surface area contributed by atoms with Gasteiger partial charge in [-0.2, -0.15) is 0 Å². The maximum atomic E-state index is 12.2. The standard InChI is InChI=1S/C14H13N3O3S/c18-8-9-2-1-3-10(6-9)16-12(19)11-7-15-14-17(13(11)20)4-5-21-14/h1-3,6-7,18H,4-5,8H2,(H,16,19). The van der Waals surface area contributed by atoms with Crippen molar-refractivity contribution in [2.75, 3.05) is 11.1 Å². The molecule has 2 N–H and O–H groups in total. The Balaban J connectivity index is 1.87. The van der Waals surface area contributed by atoms with E-state index in [1.54, 1.807) is 24.3 Å². The van der Waals surface area contributed by atoms with Crippen LogP contribution in [0.15, 0.2) is 40.4 Å². The van der Waals surface area contributed by atoms with E-state index >= 15 is 0 Å². The number of amides is 1. The van der Waals surface area contributed by atoms with E-state index in [0.29, 0.717) is 23.0 Å². The average Bonchev–Trinajstić information content (AvgIpc) is 2.97. The van der Waals surface area contributed by atoms with Crippen LogP contribution in [0.3, 0.4) is 0 Å². The number of carbonyl (C=O) groups excluding carboxylic acids is 1. The quantitative estimate of drug-likeness (QED) is 0.829. The van der Waals surface area contributed by atoms with Crippen LogP contribution in [0.4, 0.5) is 5.69 Å². The fourth-order valence-corrected chi connectivity index (χ4v) is 3.03. The van der Waals surface area contributed by atoms with Crippen molar-refractivity contribution in [1.82, 2.24) is 9.55 Å². The highest BCUT2D eigenvalue weighted by Gasteiger charge is 2.19. The molecule has 21 heavy (non-hydrogen) atoms. The van der Waals surface area contributed by atoms with Crippen molar-refractivity contribution in [2.24, 2.45) is 0 Å². The van der Waals surface area contributed by atoms with Gasteiger partial charge in [0.05, 0.1) is 6.61 Å². The predicted molar refractivity (Wildman–Crippen MR) is 79.5 cm³/mol. The van der Waals surface area contributed by atoms with Crippen molar-refractivity contribution >= 4 is 23.4 Å². The zero-order valence-electron chi connectivity index (χ0n) is 11.1. The number of nitrogens with one attached hydrogen (secondary N) is 1. The van der Waals surface area contributed by atoms with Gasteiger partial charge in [0.2, 0.25) is 0 Å². The molecule has 1 aliphatic heterocycles. The number of benzene rings is 1. The largest absolute Gasteiger partial charge is 0.392 e. The van der Waals surface area contributed by atoms with Gasteiger partial charge in [0.15, 0.2) is 5.16 Å².